The van der Waals surface area contributed by atoms with Gasteiger partial charge >= 0.3 is 5.97 Å². The van der Waals surface area contributed by atoms with Crippen LogP contribution in [0.4, 0.5) is 15.9 Å². The molecule has 5 heterocycles. The molecule has 2 aliphatic heterocycles. The molecule has 0 spiro atoms. The van der Waals surface area contributed by atoms with Gasteiger partial charge in [0.25, 0.3) is 0 Å². The number of hydrogen-bond acceptors (Lipinski definition) is 9. The zero-order valence-electron chi connectivity index (χ0n) is 18.8. The van der Waals surface area contributed by atoms with E-state index in [1.54, 1.807) is 24.7 Å². The summed E-state index contributed by atoms with van der Waals surface area (Å²) in [7, 11) is 0. The van der Waals surface area contributed by atoms with Crippen LogP contribution in [-0.2, 0) is 11.2 Å². The molecule has 2 aliphatic rings. The highest BCUT2D eigenvalue weighted by molar-refractivity contribution is 5.69. The Bertz CT molecular complexity index is 1190. The molecule has 1 unspecified atom stereocenters. The number of rotatable bonds is 5. The third-order valence-corrected chi connectivity index (χ3v) is 6.33. The maximum Gasteiger partial charge on any atom is 0.317 e. The van der Waals surface area contributed by atoms with Crippen molar-refractivity contribution in [2.24, 2.45) is 0 Å². The first-order valence-electron chi connectivity index (χ1n) is 11.2. The Hall–Kier alpha value is -3.73. The van der Waals surface area contributed by atoms with Crippen molar-refractivity contribution in [3.05, 3.63) is 54.0 Å². The molecule has 176 valence electrons. The van der Waals surface area contributed by atoms with Crippen molar-refractivity contribution in [3.63, 3.8) is 0 Å². The highest BCUT2D eigenvalue weighted by Crippen LogP contribution is 2.34. The van der Waals surface area contributed by atoms with Crippen molar-refractivity contribution < 1.29 is 14.3 Å². The molecule has 0 amide bonds. The molecule has 0 bridgehead atoms. The zero-order valence-corrected chi connectivity index (χ0v) is 18.8. The number of carbonyl (C=O) groups is 1. The lowest BCUT2D eigenvalue weighted by Gasteiger charge is -2.37. The van der Waals surface area contributed by atoms with E-state index in [9.17, 15) is 9.18 Å². The summed E-state index contributed by atoms with van der Waals surface area (Å²) in [6.07, 6.45) is 5.79. The van der Waals surface area contributed by atoms with Gasteiger partial charge in [0.15, 0.2) is 11.6 Å². The first-order valence-corrected chi connectivity index (χ1v) is 11.2. The fourth-order valence-electron chi connectivity index (χ4n) is 4.55. The molecule has 1 fully saturated rings. The highest BCUT2D eigenvalue weighted by Gasteiger charge is 2.28. The van der Waals surface area contributed by atoms with Crippen LogP contribution in [0.1, 0.15) is 24.2 Å². The fraction of sp³-hybridized carbons (Fsp3) is 0.391. The summed E-state index contributed by atoms with van der Waals surface area (Å²) in [4.78, 5) is 38.8. The second kappa shape index (κ2) is 9.26. The minimum absolute atomic E-state index is 0.0225. The second-order valence-electron chi connectivity index (χ2n) is 8.45. The minimum atomic E-state index is -0.836. The molecule has 1 atom stereocenters. The molecule has 1 saturated heterocycles. The monoisotopic (exact) mass is 464 g/mol. The van der Waals surface area contributed by atoms with E-state index in [2.05, 4.69) is 34.7 Å². The van der Waals surface area contributed by atoms with Gasteiger partial charge < -0.3 is 14.9 Å². The second-order valence-corrected chi connectivity index (χ2v) is 8.45. The van der Waals surface area contributed by atoms with Crippen LogP contribution >= 0.6 is 0 Å². The number of carboxylic acid groups (broad SMARTS) is 1. The van der Waals surface area contributed by atoms with Crippen LogP contribution in [0, 0.1) is 5.95 Å². The van der Waals surface area contributed by atoms with Gasteiger partial charge in [-0.3, -0.25) is 9.69 Å². The van der Waals surface area contributed by atoms with Crippen molar-refractivity contribution in [1.82, 2.24) is 29.8 Å². The number of nitrogens with zero attached hydrogens (tertiary/aromatic N) is 8. The predicted molar refractivity (Wildman–Crippen MR) is 123 cm³/mol. The highest BCUT2D eigenvalue weighted by atomic mass is 19.1. The molecule has 0 aliphatic carbocycles. The lowest BCUT2D eigenvalue weighted by atomic mass is 9.99. The molecular formula is C23H25FN8O2. The Balaban J connectivity index is 1.35. The minimum Gasteiger partial charge on any atom is -0.480 e. The molecule has 3 aromatic rings. The van der Waals surface area contributed by atoms with Crippen LogP contribution in [0.25, 0.3) is 11.6 Å². The number of halogens is 1. The standard InChI is InChI=1S/C23H25FN8O2/c1-15-17-13-27-23(22-25-4-2-5-26-22)28-18(17)3-6-32(15)20-12-16(11-19(24)29-20)31-9-7-30(8-10-31)14-21(33)34/h2,4-5,11-13,15H,3,6-10,14H2,1H3,(H,33,34). The summed E-state index contributed by atoms with van der Waals surface area (Å²) in [5, 5.41) is 9.00. The van der Waals surface area contributed by atoms with Gasteiger partial charge in [-0.2, -0.15) is 4.39 Å². The number of carboxylic acids is 1. The van der Waals surface area contributed by atoms with E-state index >= 15 is 0 Å². The summed E-state index contributed by atoms with van der Waals surface area (Å²) in [5.74, 6) is 0.175. The van der Waals surface area contributed by atoms with Crippen LogP contribution in [0.2, 0.25) is 0 Å². The van der Waals surface area contributed by atoms with E-state index in [1.165, 1.54) is 6.07 Å². The smallest absolute Gasteiger partial charge is 0.317 e. The molecule has 5 rings (SSSR count). The van der Waals surface area contributed by atoms with Crippen LogP contribution in [-0.4, -0.2) is 80.2 Å². The number of aliphatic carboxylic acids is 1. The molecule has 11 heteroatoms. The summed E-state index contributed by atoms with van der Waals surface area (Å²) in [6.45, 7) is 5.20. The van der Waals surface area contributed by atoms with Crippen molar-refractivity contribution >= 4 is 17.5 Å². The summed E-state index contributed by atoms with van der Waals surface area (Å²) in [6, 6.07) is 5.01. The van der Waals surface area contributed by atoms with E-state index in [0.29, 0.717) is 56.6 Å². The van der Waals surface area contributed by atoms with E-state index in [4.69, 9.17) is 5.11 Å². The van der Waals surface area contributed by atoms with Gasteiger partial charge in [-0.25, -0.2) is 24.9 Å². The van der Waals surface area contributed by atoms with Gasteiger partial charge in [-0.1, -0.05) is 0 Å². The van der Waals surface area contributed by atoms with Crippen molar-refractivity contribution in [3.8, 4) is 11.6 Å². The van der Waals surface area contributed by atoms with Gasteiger partial charge in [0.05, 0.1) is 18.3 Å². The topological polar surface area (TPSA) is 111 Å². The molecule has 0 radical (unpaired) electrons. The van der Waals surface area contributed by atoms with Gasteiger partial charge in [0, 0.05) is 81.1 Å². The largest absolute Gasteiger partial charge is 0.480 e. The maximum absolute atomic E-state index is 14.6. The number of pyridine rings is 1. The van der Waals surface area contributed by atoms with Gasteiger partial charge in [0.2, 0.25) is 5.95 Å². The first kappa shape index (κ1) is 22.1. The van der Waals surface area contributed by atoms with Crippen molar-refractivity contribution in [2.45, 2.75) is 19.4 Å². The summed E-state index contributed by atoms with van der Waals surface area (Å²) < 4.78 is 14.6. The predicted octanol–water partition coefficient (Wildman–Crippen LogP) is 1.80. The lowest BCUT2D eigenvalue weighted by molar-refractivity contribution is -0.138. The van der Waals surface area contributed by atoms with Crippen LogP contribution in [0.5, 0.6) is 0 Å². The first-order chi connectivity index (χ1) is 16.5. The quantitative estimate of drug-likeness (QED) is 0.561. The van der Waals surface area contributed by atoms with Crippen LogP contribution in [0.15, 0.2) is 36.8 Å². The number of piperazine rings is 1. The Labute approximate surface area is 196 Å². The third-order valence-electron chi connectivity index (χ3n) is 6.33. The SMILES string of the molecule is CC1c2cnc(-c3ncccn3)nc2CCN1c1cc(N2CCN(CC(=O)O)CC2)cc(F)n1. The van der Waals surface area contributed by atoms with Crippen molar-refractivity contribution in [2.75, 3.05) is 49.1 Å². The molecule has 1 N–H and O–H groups in total. The molecule has 10 nitrogen and oxygen atoms in total. The van der Waals surface area contributed by atoms with Gasteiger partial charge in [-0.05, 0) is 13.0 Å². The van der Waals surface area contributed by atoms with E-state index in [0.717, 1.165) is 16.9 Å². The summed E-state index contributed by atoms with van der Waals surface area (Å²) >= 11 is 0. The van der Waals surface area contributed by atoms with Gasteiger partial charge in [0.1, 0.15) is 5.82 Å². The molecule has 0 aromatic carbocycles. The number of hydrogen-bond donors (Lipinski definition) is 1. The fourth-order valence-corrected chi connectivity index (χ4v) is 4.55. The van der Waals surface area contributed by atoms with E-state index in [-0.39, 0.29) is 12.6 Å². The molecule has 3 aromatic heterocycles. The average Bonchev–Trinajstić information content (AvgIpc) is 2.84. The van der Waals surface area contributed by atoms with Crippen LogP contribution < -0.4 is 9.80 Å². The normalized spacial score (nSPS) is 18.6. The Morgan fingerprint density at radius 3 is 2.56 bits per heavy atom. The number of anilines is 2. The van der Waals surface area contributed by atoms with E-state index in [1.807, 2.05) is 17.9 Å². The maximum atomic E-state index is 14.6. The van der Waals surface area contributed by atoms with Crippen molar-refractivity contribution in [1.29, 1.82) is 0 Å². The van der Waals surface area contributed by atoms with E-state index < -0.39 is 11.9 Å². The Morgan fingerprint density at radius 2 is 1.82 bits per heavy atom. The zero-order chi connectivity index (χ0) is 23.7. The summed E-state index contributed by atoms with van der Waals surface area (Å²) in [5.41, 5.74) is 2.66. The lowest BCUT2D eigenvalue weighted by Crippen LogP contribution is -2.48. The van der Waals surface area contributed by atoms with Crippen LogP contribution in [0.3, 0.4) is 0 Å². The molecule has 0 saturated carbocycles. The Morgan fingerprint density at radius 1 is 1.06 bits per heavy atom. The Kier molecular flexibility index (Phi) is 6.01. The molecular weight excluding hydrogens is 439 g/mol. The molecule has 34 heavy (non-hydrogen) atoms. The third kappa shape index (κ3) is 4.51. The average molecular weight is 465 g/mol. The van der Waals surface area contributed by atoms with Gasteiger partial charge in [-0.15, -0.1) is 0 Å². The number of fused-ring (bicyclic) bond motifs is 1. The number of aromatic nitrogens is 5.